The second kappa shape index (κ2) is 5.49. The summed E-state index contributed by atoms with van der Waals surface area (Å²) in [5.41, 5.74) is 1.50. The van der Waals surface area contributed by atoms with Crippen LogP contribution in [0.3, 0.4) is 0 Å². The Hall–Kier alpha value is -2.28. The van der Waals surface area contributed by atoms with Gasteiger partial charge in [-0.15, -0.1) is 5.10 Å². The van der Waals surface area contributed by atoms with E-state index >= 15 is 0 Å². The Balaban J connectivity index is 1.38. The Labute approximate surface area is 128 Å². The third kappa shape index (κ3) is 2.71. The number of likely N-dealkylation sites (tertiary alicyclic amines) is 1. The number of benzene rings is 1. The Morgan fingerprint density at radius 3 is 2.68 bits per heavy atom. The van der Waals surface area contributed by atoms with Gasteiger partial charge in [-0.1, -0.05) is 0 Å². The minimum Gasteiger partial charge on any atom is -0.348 e. The Morgan fingerprint density at radius 2 is 2.00 bits per heavy atom. The first-order valence-corrected chi connectivity index (χ1v) is 7.68. The maximum atomic E-state index is 12.3. The average Bonchev–Trinajstić information content (AvgIpc) is 3.06. The van der Waals surface area contributed by atoms with E-state index in [4.69, 9.17) is 0 Å². The number of hydrogen-bond acceptors (Lipinski definition) is 5. The Bertz CT molecular complexity index is 649. The number of rotatable bonds is 4. The zero-order valence-electron chi connectivity index (χ0n) is 12.2. The number of nitrogens with one attached hydrogen (secondary N) is 1. The summed E-state index contributed by atoms with van der Waals surface area (Å²) in [5.74, 6) is -0.00841. The lowest BCUT2D eigenvalue weighted by Crippen LogP contribution is -2.37. The normalized spacial score (nSPS) is 21.9. The van der Waals surface area contributed by atoms with Gasteiger partial charge >= 0.3 is 0 Å². The molecule has 1 aliphatic heterocycles. The molecule has 1 aromatic heterocycles. The summed E-state index contributed by atoms with van der Waals surface area (Å²) in [6.45, 7) is 2.09. The monoisotopic (exact) mass is 298 g/mol. The van der Waals surface area contributed by atoms with E-state index in [0.29, 0.717) is 5.56 Å². The molecule has 0 bridgehead atoms. The summed E-state index contributed by atoms with van der Waals surface area (Å²) in [6.07, 6.45) is 5.21. The van der Waals surface area contributed by atoms with E-state index < -0.39 is 0 Å². The number of aromatic nitrogens is 4. The lowest BCUT2D eigenvalue weighted by atomic mass is 10.1. The largest absolute Gasteiger partial charge is 0.348 e. The second-order valence-corrected chi connectivity index (χ2v) is 5.99. The molecule has 1 aromatic carbocycles. The molecule has 2 aliphatic rings. The van der Waals surface area contributed by atoms with Gasteiger partial charge in [0.2, 0.25) is 0 Å². The molecule has 7 heteroatoms. The Kier molecular flexibility index (Phi) is 3.34. The number of tetrazole rings is 1. The minimum atomic E-state index is -0.00841. The van der Waals surface area contributed by atoms with E-state index in [1.807, 2.05) is 12.1 Å². The van der Waals surface area contributed by atoms with Gasteiger partial charge in [-0.25, -0.2) is 4.68 Å². The van der Waals surface area contributed by atoms with Crippen LogP contribution in [0.2, 0.25) is 0 Å². The molecule has 2 aromatic rings. The smallest absolute Gasteiger partial charge is 0.251 e. The molecule has 2 fully saturated rings. The molecule has 1 N–H and O–H groups in total. The maximum absolute atomic E-state index is 12.3. The maximum Gasteiger partial charge on any atom is 0.251 e. The van der Waals surface area contributed by atoms with Crippen LogP contribution in [-0.4, -0.2) is 56.2 Å². The summed E-state index contributed by atoms with van der Waals surface area (Å²) in [5, 5.41) is 14.2. The van der Waals surface area contributed by atoms with Crippen LogP contribution in [0.1, 0.15) is 29.6 Å². The van der Waals surface area contributed by atoms with E-state index in [2.05, 4.69) is 25.7 Å². The summed E-state index contributed by atoms with van der Waals surface area (Å²) in [6, 6.07) is 8.34. The number of carbonyl (C=O) groups is 1. The van der Waals surface area contributed by atoms with E-state index in [0.717, 1.165) is 31.2 Å². The average molecular weight is 298 g/mol. The lowest BCUT2D eigenvalue weighted by Gasteiger charge is -2.15. The number of nitrogens with zero attached hydrogens (tertiary/aromatic N) is 5. The fraction of sp³-hybridized carbons (Fsp3) is 0.467. The summed E-state index contributed by atoms with van der Waals surface area (Å²) in [7, 11) is 0. The van der Waals surface area contributed by atoms with Crippen LogP contribution >= 0.6 is 0 Å². The van der Waals surface area contributed by atoms with Gasteiger partial charge in [0.1, 0.15) is 6.33 Å². The molecule has 2 heterocycles. The second-order valence-electron chi connectivity index (χ2n) is 5.99. The first kappa shape index (κ1) is 13.4. The van der Waals surface area contributed by atoms with Crippen LogP contribution in [0.5, 0.6) is 0 Å². The van der Waals surface area contributed by atoms with Gasteiger partial charge in [-0.2, -0.15) is 0 Å². The molecule has 0 radical (unpaired) electrons. The molecule has 4 rings (SSSR count). The van der Waals surface area contributed by atoms with Gasteiger partial charge in [0.05, 0.1) is 5.69 Å². The highest BCUT2D eigenvalue weighted by molar-refractivity contribution is 5.94. The van der Waals surface area contributed by atoms with Crippen LogP contribution in [0.25, 0.3) is 5.69 Å². The molecule has 1 unspecified atom stereocenters. The lowest BCUT2D eigenvalue weighted by molar-refractivity contribution is 0.0937. The van der Waals surface area contributed by atoms with Crippen molar-refractivity contribution >= 4 is 5.91 Å². The standard InChI is InChI=1S/C15H18N6O/c22-15(17-12-7-8-20(9-12)13-5-6-13)11-1-3-14(4-2-11)21-10-16-18-19-21/h1-4,10,12-13H,5-9H2,(H,17,22). The van der Waals surface area contributed by atoms with Gasteiger partial charge in [-0.05, 0) is 54.0 Å². The number of amides is 1. The first-order chi connectivity index (χ1) is 10.8. The summed E-state index contributed by atoms with van der Waals surface area (Å²) in [4.78, 5) is 14.8. The van der Waals surface area contributed by atoms with Crippen molar-refractivity contribution in [2.75, 3.05) is 13.1 Å². The first-order valence-electron chi connectivity index (χ1n) is 7.68. The predicted molar refractivity (Wildman–Crippen MR) is 79.6 cm³/mol. The van der Waals surface area contributed by atoms with Crippen molar-refractivity contribution in [1.29, 1.82) is 0 Å². The van der Waals surface area contributed by atoms with Crippen LogP contribution in [-0.2, 0) is 0 Å². The fourth-order valence-electron chi connectivity index (χ4n) is 2.99. The van der Waals surface area contributed by atoms with Gasteiger partial charge in [0, 0.05) is 30.7 Å². The molecule has 1 saturated carbocycles. The number of hydrogen-bond donors (Lipinski definition) is 1. The summed E-state index contributed by atoms with van der Waals surface area (Å²) < 4.78 is 1.56. The molecular weight excluding hydrogens is 280 g/mol. The molecule has 1 saturated heterocycles. The molecule has 0 spiro atoms. The topological polar surface area (TPSA) is 75.9 Å². The van der Waals surface area contributed by atoms with Gasteiger partial charge in [-0.3, -0.25) is 9.69 Å². The number of carbonyl (C=O) groups excluding carboxylic acids is 1. The van der Waals surface area contributed by atoms with E-state index in [1.54, 1.807) is 16.8 Å². The van der Waals surface area contributed by atoms with Crippen molar-refractivity contribution in [2.24, 2.45) is 0 Å². The zero-order chi connectivity index (χ0) is 14.9. The van der Waals surface area contributed by atoms with Crippen LogP contribution in [0.4, 0.5) is 0 Å². The SMILES string of the molecule is O=C(NC1CCN(C2CC2)C1)c1ccc(-n2cnnn2)cc1. The van der Waals surface area contributed by atoms with Crippen molar-refractivity contribution < 1.29 is 4.79 Å². The van der Waals surface area contributed by atoms with Gasteiger partial charge in [0.25, 0.3) is 5.91 Å². The molecule has 22 heavy (non-hydrogen) atoms. The highest BCUT2D eigenvalue weighted by Gasteiger charge is 2.34. The minimum absolute atomic E-state index is 0.00841. The third-order valence-corrected chi connectivity index (χ3v) is 4.36. The van der Waals surface area contributed by atoms with Crippen LogP contribution in [0.15, 0.2) is 30.6 Å². The predicted octanol–water partition coefficient (Wildman–Crippen LogP) is 0.629. The molecular formula is C15H18N6O. The van der Waals surface area contributed by atoms with Crippen molar-refractivity contribution in [1.82, 2.24) is 30.4 Å². The molecule has 114 valence electrons. The molecule has 1 aliphatic carbocycles. The van der Waals surface area contributed by atoms with Gasteiger partial charge in [0.15, 0.2) is 0 Å². The highest BCUT2D eigenvalue weighted by Crippen LogP contribution is 2.29. The van der Waals surface area contributed by atoms with Crippen molar-refractivity contribution in [3.05, 3.63) is 36.2 Å². The molecule has 1 amide bonds. The van der Waals surface area contributed by atoms with Crippen molar-refractivity contribution in [2.45, 2.75) is 31.3 Å². The van der Waals surface area contributed by atoms with E-state index in [-0.39, 0.29) is 11.9 Å². The van der Waals surface area contributed by atoms with Crippen molar-refractivity contribution in [3.8, 4) is 5.69 Å². The molecule has 1 atom stereocenters. The van der Waals surface area contributed by atoms with Crippen molar-refractivity contribution in [3.63, 3.8) is 0 Å². The zero-order valence-corrected chi connectivity index (χ0v) is 12.2. The third-order valence-electron chi connectivity index (χ3n) is 4.36. The van der Waals surface area contributed by atoms with E-state index in [9.17, 15) is 4.79 Å². The van der Waals surface area contributed by atoms with Crippen LogP contribution < -0.4 is 5.32 Å². The Morgan fingerprint density at radius 1 is 1.18 bits per heavy atom. The quantitative estimate of drug-likeness (QED) is 0.896. The highest BCUT2D eigenvalue weighted by atomic mass is 16.1. The van der Waals surface area contributed by atoms with E-state index in [1.165, 1.54) is 19.2 Å². The van der Waals surface area contributed by atoms with Crippen LogP contribution in [0, 0.1) is 0 Å². The van der Waals surface area contributed by atoms with Gasteiger partial charge < -0.3 is 5.32 Å². The fourth-order valence-corrected chi connectivity index (χ4v) is 2.99. The molecule has 7 nitrogen and oxygen atoms in total. The summed E-state index contributed by atoms with van der Waals surface area (Å²) >= 11 is 0.